The fraction of sp³-hybridized carbons (Fsp3) is 0. The van der Waals surface area contributed by atoms with Crippen LogP contribution in [0.2, 0.25) is 0 Å². The number of rotatable bonds is 9. The summed E-state index contributed by atoms with van der Waals surface area (Å²) < 4.78 is 45.2. The van der Waals surface area contributed by atoms with Crippen LogP contribution in [-0.2, 0) is 19.2 Å². The molecule has 34 heavy (non-hydrogen) atoms. The highest BCUT2D eigenvalue weighted by Gasteiger charge is 2.25. The van der Waals surface area contributed by atoms with Crippen molar-refractivity contribution in [1.82, 2.24) is 0 Å². The third-order valence-corrected chi connectivity index (χ3v) is 4.72. The normalized spacial score (nSPS) is 9.94. The molecule has 0 bridgehead atoms. The van der Waals surface area contributed by atoms with Crippen molar-refractivity contribution in [1.29, 1.82) is 0 Å². The first-order chi connectivity index (χ1) is 16.1. The lowest BCUT2D eigenvalue weighted by molar-refractivity contribution is -0.130. The van der Waals surface area contributed by atoms with E-state index in [0.717, 1.165) is 48.6 Å². The van der Waals surface area contributed by atoms with E-state index in [-0.39, 0.29) is 17.1 Å². The Labute approximate surface area is 197 Å². The minimum absolute atomic E-state index is 0.198. The molecule has 0 aliphatic heterocycles. The largest absolute Gasteiger partial charge is 0.423 e. The van der Waals surface area contributed by atoms with E-state index < -0.39 is 50.9 Å². The average Bonchev–Trinajstić information content (AvgIpc) is 2.81. The Morgan fingerprint density at radius 2 is 1.21 bits per heavy atom. The third-order valence-electron chi connectivity index (χ3n) is 3.83. The zero-order chi connectivity index (χ0) is 25.4. The molecule has 0 atom stereocenters. The van der Waals surface area contributed by atoms with Gasteiger partial charge in [-0.15, -0.1) is 0 Å². The van der Waals surface area contributed by atoms with Crippen molar-refractivity contribution in [2.45, 2.75) is 4.90 Å². The number of ether oxygens (including phenoxy) is 3. The first kappa shape index (κ1) is 25.9. The molecule has 0 aromatic heterocycles. The van der Waals surface area contributed by atoms with Crippen LogP contribution >= 0.6 is 11.8 Å². The summed E-state index contributed by atoms with van der Waals surface area (Å²) in [7, 11) is 0. The van der Waals surface area contributed by atoms with Gasteiger partial charge in [-0.2, -0.15) is 0 Å². The molecule has 0 amide bonds. The molecule has 0 unspecified atom stereocenters. The summed E-state index contributed by atoms with van der Waals surface area (Å²) in [4.78, 5) is 46.3. The lowest BCUT2D eigenvalue weighted by Crippen LogP contribution is -2.08. The average molecular weight is 486 g/mol. The van der Waals surface area contributed by atoms with Crippen LogP contribution in [0.15, 0.2) is 79.8 Å². The monoisotopic (exact) mass is 486 g/mol. The molecule has 0 spiro atoms. The van der Waals surface area contributed by atoms with E-state index >= 15 is 4.39 Å². The Balaban J connectivity index is 2.80. The van der Waals surface area contributed by atoms with Gasteiger partial charge >= 0.3 is 17.9 Å². The predicted octanol–water partition coefficient (Wildman–Crippen LogP) is 4.71. The summed E-state index contributed by atoms with van der Waals surface area (Å²) in [5, 5.41) is -0.691. The fourth-order valence-corrected chi connectivity index (χ4v) is 3.10. The highest BCUT2D eigenvalue weighted by Crippen LogP contribution is 2.42. The molecule has 0 fully saturated rings. The highest BCUT2D eigenvalue weighted by atomic mass is 32.2. The van der Waals surface area contributed by atoms with Crippen molar-refractivity contribution in [3.8, 4) is 28.4 Å². The molecule has 0 saturated carbocycles. The molecule has 2 aromatic carbocycles. The minimum atomic E-state index is -1.50. The summed E-state index contributed by atoms with van der Waals surface area (Å²) in [6.07, 6.45) is 3.37. The molecule has 10 heteroatoms. The van der Waals surface area contributed by atoms with Gasteiger partial charge in [0, 0.05) is 24.3 Å². The van der Waals surface area contributed by atoms with E-state index in [2.05, 4.69) is 26.3 Å². The minimum Gasteiger partial charge on any atom is -0.423 e. The summed E-state index contributed by atoms with van der Waals surface area (Å²) in [6, 6.07) is 4.27. The molecule has 0 saturated heterocycles. The van der Waals surface area contributed by atoms with E-state index in [1.54, 1.807) is 0 Å². The molecule has 0 N–H and O–H groups in total. The molecule has 0 aliphatic carbocycles. The molecule has 0 aliphatic rings. The Morgan fingerprint density at radius 1 is 0.706 bits per heavy atom. The van der Waals surface area contributed by atoms with Gasteiger partial charge in [0.1, 0.15) is 17.2 Å². The standard InChI is InChI=1S/C24H16F2O7S/c1-5-18(27)31-14-9-13(10-15(11-14)32-19(28)6-2)22-16(33-20(29)7-3)12-17(23(25)24(22)26)34-21(30)8-4/h5-12H,1-4H2. The Bertz CT molecular complexity index is 1190. The van der Waals surface area contributed by atoms with Crippen molar-refractivity contribution in [3.05, 3.63) is 86.5 Å². The van der Waals surface area contributed by atoms with E-state index in [4.69, 9.17) is 14.2 Å². The number of hydrogen-bond donors (Lipinski definition) is 0. The number of halogens is 2. The van der Waals surface area contributed by atoms with Crippen LogP contribution in [0.5, 0.6) is 17.2 Å². The Hall–Kier alpha value is -4.31. The van der Waals surface area contributed by atoms with Crippen molar-refractivity contribution in [3.63, 3.8) is 0 Å². The zero-order valence-electron chi connectivity index (χ0n) is 17.5. The van der Waals surface area contributed by atoms with E-state index in [1.165, 1.54) is 0 Å². The topological polar surface area (TPSA) is 96.0 Å². The van der Waals surface area contributed by atoms with E-state index in [1.807, 2.05) is 0 Å². The van der Waals surface area contributed by atoms with Crippen LogP contribution in [0.1, 0.15) is 0 Å². The highest BCUT2D eigenvalue weighted by molar-refractivity contribution is 8.14. The van der Waals surface area contributed by atoms with Gasteiger partial charge in [0.15, 0.2) is 11.6 Å². The first-order valence-electron chi connectivity index (χ1n) is 9.17. The maximum Gasteiger partial charge on any atom is 0.335 e. The van der Waals surface area contributed by atoms with E-state index in [0.29, 0.717) is 11.8 Å². The summed E-state index contributed by atoms with van der Waals surface area (Å²) in [5.74, 6) is -6.66. The van der Waals surface area contributed by atoms with Crippen molar-refractivity contribution in [2.75, 3.05) is 0 Å². The molecule has 0 radical (unpaired) electrons. The van der Waals surface area contributed by atoms with Crippen molar-refractivity contribution >= 4 is 34.8 Å². The van der Waals surface area contributed by atoms with Crippen LogP contribution in [0, 0.1) is 11.6 Å². The van der Waals surface area contributed by atoms with Crippen LogP contribution in [0.4, 0.5) is 8.78 Å². The van der Waals surface area contributed by atoms with Gasteiger partial charge in [0.05, 0.1) is 10.5 Å². The second kappa shape index (κ2) is 11.5. The summed E-state index contributed by atoms with van der Waals surface area (Å²) in [6.45, 7) is 13.0. The first-order valence-corrected chi connectivity index (χ1v) is 9.99. The van der Waals surface area contributed by atoms with Crippen LogP contribution < -0.4 is 14.2 Å². The number of thioether (sulfide) groups is 1. The van der Waals surface area contributed by atoms with Gasteiger partial charge in [-0.3, -0.25) is 4.79 Å². The van der Waals surface area contributed by atoms with E-state index in [9.17, 15) is 23.6 Å². The summed E-state index contributed by atoms with van der Waals surface area (Å²) >= 11 is 0.316. The van der Waals surface area contributed by atoms with Gasteiger partial charge in [0.25, 0.3) is 0 Å². The molecule has 2 aromatic rings. The smallest absolute Gasteiger partial charge is 0.335 e. The molecule has 174 valence electrons. The van der Waals surface area contributed by atoms with Gasteiger partial charge < -0.3 is 14.2 Å². The van der Waals surface area contributed by atoms with Crippen LogP contribution in [0.3, 0.4) is 0 Å². The maximum atomic E-state index is 15.2. The Morgan fingerprint density at radius 3 is 1.68 bits per heavy atom. The van der Waals surface area contributed by atoms with Crippen LogP contribution in [0.25, 0.3) is 11.1 Å². The molecular weight excluding hydrogens is 470 g/mol. The summed E-state index contributed by atoms with van der Waals surface area (Å²) in [5.41, 5.74) is -0.786. The predicted molar refractivity (Wildman–Crippen MR) is 120 cm³/mol. The lowest BCUT2D eigenvalue weighted by Gasteiger charge is -2.15. The number of hydrogen-bond acceptors (Lipinski definition) is 8. The molecule has 7 nitrogen and oxygen atoms in total. The number of carbonyl (C=O) groups is 4. The van der Waals surface area contributed by atoms with Crippen molar-refractivity contribution < 1.29 is 42.2 Å². The second-order valence-corrected chi connectivity index (χ2v) is 7.12. The number of benzene rings is 2. The fourth-order valence-electron chi connectivity index (χ4n) is 2.45. The maximum absolute atomic E-state index is 15.2. The zero-order valence-corrected chi connectivity index (χ0v) is 18.3. The molecule has 0 heterocycles. The second-order valence-electron chi connectivity index (χ2n) is 6.07. The molecule has 2 rings (SSSR count). The number of carbonyl (C=O) groups excluding carboxylic acids is 4. The van der Waals surface area contributed by atoms with Gasteiger partial charge in [-0.05, 0) is 41.6 Å². The van der Waals surface area contributed by atoms with Gasteiger partial charge in [-0.1, -0.05) is 26.3 Å². The van der Waals surface area contributed by atoms with Gasteiger partial charge in [-0.25, -0.2) is 23.2 Å². The lowest BCUT2D eigenvalue weighted by atomic mass is 10.0. The van der Waals surface area contributed by atoms with Crippen LogP contribution in [-0.4, -0.2) is 23.0 Å². The SMILES string of the molecule is C=CC(=O)Oc1cc(OC(=O)C=C)cc(-c2c(OC(=O)C=C)cc(SC(=O)C=C)c(F)c2F)c1. The Kier molecular flexibility index (Phi) is 8.79. The van der Waals surface area contributed by atoms with Gasteiger partial charge in [0.2, 0.25) is 5.12 Å². The van der Waals surface area contributed by atoms with Crippen molar-refractivity contribution in [2.24, 2.45) is 0 Å². The molecular formula is C24H16F2O7S. The third kappa shape index (κ3) is 6.36. The quantitative estimate of drug-likeness (QED) is 0.218. The number of esters is 3.